The van der Waals surface area contributed by atoms with Crippen molar-refractivity contribution in [1.29, 1.82) is 0 Å². The van der Waals surface area contributed by atoms with Crippen molar-refractivity contribution in [2.24, 2.45) is 23.2 Å². The molecule has 0 amide bonds. The van der Waals surface area contributed by atoms with Crippen molar-refractivity contribution in [3.63, 3.8) is 0 Å². The van der Waals surface area contributed by atoms with Gasteiger partial charge in [-0.3, -0.25) is 19.4 Å². The van der Waals surface area contributed by atoms with Gasteiger partial charge in [-0.1, -0.05) is 27.7 Å². The maximum Gasteiger partial charge on any atom is 0.202 e. The Bertz CT molecular complexity index is 1520. The lowest BCUT2D eigenvalue weighted by molar-refractivity contribution is -0.158. The van der Waals surface area contributed by atoms with Gasteiger partial charge in [0.15, 0.2) is 17.2 Å². The van der Waals surface area contributed by atoms with Gasteiger partial charge < -0.3 is 20.4 Å². The summed E-state index contributed by atoms with van der Waals surface area (Å²) in [4.78, 5) is 44.5. The number of aliphatic hydroxyl groups excluding tert-OH is 2. The second kappa shape index (κ2) is 8.88. The molecule has 4 N–H and O–H groups in total. The van der Waals surface area contributed by atoms with Gasteiger partial charge in [-0.25, -0.2) is 0 Å². The first-order chi connectivity index (χ1) is 18.3. The second-order valence-electron chi connectivity index (χ2n) is 11.7. The Hall–Kier alpha value is -3.78. The largest absolute Gasteiger partial charge is 0.508 e. The van der Waals surface area contributed by atoms with Gasteiger partial charge in [-0.2, -0.15) is 0 Å². The molecular formula is C31H33NO7. The summed E-state index contributed by atoms with van der Waals surface area (Å²) in [6.45, 7) is 8.47. The van der Waals surface area contributed by atoms with Gasteiger partial charge in [0.1, 0.15) is 22.8 Å². The smallest absolute Gasteiger partial charge is 0.202 e. The first-order valence-electron chi connectivity index (χ1n) is 13.3. The molecule has 4 atom stereocenters. The van der Waals surface area contributed by atoms with Gasteiger partial charge in [0.2, 0.25) is 5.78 Å². The Morgan fingerprint density at radius 3 is 2.46 bits per heavy atom. The Balaban J connectivity index is 1.78. The molecule has 1 aromatic heterocycles. The molecule has 3 aliphatic carbocycles. The number of fused-ring (bicyclic) bond motifs is 3. The maximum absolute atomic E-state index is 14.2. The average molecular weight is 532 g/mol. The number of nitrogens with zero attached hydrogens (tertiary/aromatic N) is 1. The summed E-state index contributed by atoms with van der Waals surface area (Å²) in [7, 11) is 0. The highest BCUT2D eigenvalue weighted by molar-refractivity contribution is 6.24. The van der Waals surface area contributed by atoms with Gasteiger partial charge in [0.25, 0.3) is 0 Å². The van der Waals surface area contributed by atoms with E-state index in [2.05, 4.69) is 4.98 Å². The van der Waals surface area contributed by atoms with Crippen molar-refractivity contribution in [1.82, 2.24) is 4.98 Å². The number of aromatic hydroxyl groups is 1. The molecule has 0 bridgehead atoms. The normalized spacial score (nSPS) is 28.4. The van der Waals surface area contributed by atoms with Crippen LogP contribution in [-0.2, 0) is 27.2 Å². The number of ketones is 3. The summed E-state index contributed by atoms with van der Waals surface area (Å²) >= 11 is 0. The summed E-state index contributed by atoms with van der Waals surface area (Å²) < 4.78 is 0. The molecule has 204 valence electrons. The first-order valence-corrected chi connectivity index (χ1v) is 13.3. The maximum atomic E-state index is 14.2. The number of aliphatic hydroxyl groups is 3. The number of pyridine rings is 1. The SMILES string of the molecule is CCc1ccnc(-c2ccc(O)c3c2C[C@]2(C)C[C@@H]4C(C(C)C)C(=O)C(C(C)=O)=C(O)[C@]4(O)C(=O)C2=C3O)c1. The van der Waals surface area contributed by atoms with Crippen molar-refractivity contribution >= 4 is 23.1 Å². The van der Waals surface area contributed by atoms with Gasteiger partial charge in [-0.05, 0) is 67.5 Å². The van der Waals surface area contributed by atoms with Crippen LogP contribution in [0.15, 0.2) is 47.4 Å². The molecule has 8 heteroatoms. The van der Waals surface area contributed by atoms with Crippen LogP contribution in [-0.4, -0.2) is 48.4 Å². The number of aryl methyl sites for hydroxylation is 1. The van der Waals surface area contributed by atoms with Crippen molar-refractivity contribution in [3.05, 3.63) is 64.1 Å². The third-order valence-electron chi connectivity index (χ3n) is 8.87. The van der Waals surface area contributed by atoms with E-state index in [1.54, 1.807) is 33.0 Å². The van der Waals surface area contributed by atoms with Crippen LogP contribution < -0.4 is 0 Å². The van der Waals surface area contributed by atoms with Gasteiger partial charge in [0.05, 0.1) is 11.3 Å². The lowest BCUT2D eigenvalue weighted by Crippen LogP contribution is -2.63. The predicted octanol–water partition coefficient (Wildman–Crippen LogP) is 4.42. The van der Waals surface area contributed by atoms with Crippen LogP contribution >= 0.6 is 0 Å². The van der Waals surface area contributed by atoms with Gasteiger partial charge >= 0.3 is 0 Å². The van der Waals surface area contributed by atoms with Crippen LogP contribution in [0.1, 0.15) is 57.7 Å². The standard InChI is InChI=1S/C31H33NO7/c1-6-16-9-10-32-20(11-16)17-7-8-21(34)24-18(17)12-30(5)13-19-22(14(2)3)26(35)23(15(4)33)28(37)31(19,39)29(38)25(30)27(24)36/h7-11,14,19,22,34,36-37,39H,6,12-13H2,1-5H3/t19-,22?,30-,31+/m1/s1. The number of benzene rings is 1. The number of Topliss-reactive ketones (excluding diaryl/α,β-unsaturated/α-hetero) is 3. The fourth-order valence-corrected chi connectivity index (χ4v) is 7.04. The number of carbonyl (C=O) groups excluding carboxylic acids is 3. The molecular weight excluding hydrogens is 498 g/mol. The van der Waals surface area contributed by atoms with Crippen LogP contribution in [0.5, 0.6) is 5.75 Å². The number of hydrogen-bond acceptors (Lipinski definition) is 8. The molecule has 8 nitrogen and oxygen atoms in total. The highest BCUT2D eigenvalue weighted by Crippen LogP contribution is 2.60. The third kappa shape index (κ3) is 3.61. The van der Waals surface area contributed by atoms with Crippen LogP contribution in [0.4, 0.5) is 0 Å². The predicted molar refractivity (Wildman–Crippen MR) is 144 cm³/mol. The Morgan fingerprint density at radius 2 is 1.85 bits per heavy atom. The Kier molecular flexibility index (Phi) is 6.10. The minimum absolute atomic E-state index is 0.0710. The monoisotopic (exact) mass is 531 g/mol. The lowest BCUT2D eigenvalue weighted by Gasteiger charge is -2.53. The molecule has 0 aliphatic heterocycles. The summed E-state index contributed by atoms with van der Waals surface area (Å²) in [5.74, 6) is -6.25. The van der Waals surface area contributed by atoms with E-state index in [0.717, 1.165) is 18.9 Å². The van der Waals surface area contributed by atoms with Crippen molar-refractivity contribution in [2.75, 3.05) is 0 Å². The van der Waals surface area contributed by atoms with E-state index in [9.17, 15) is 34.8 Å². The molecule has 1 fully saturated rings. The molecule has 1 aromatic carbocycles. The summed E-state index contributed by atoms with van der Waals surface area (Å²) in [6, 6.07) is 7.01. The highest BCUT2D eigenvalue weighted by atomic mass is 16.3. The fraction of sp³-hybridized carbons (Fsp3) is 0.419. The van der Waals surface area contributed by atoms with Crippen molar-refractivity contribution < 1.29 is 34.8 Å². The first kappa shape index (κ1) is 26.8. The lowest BCUT2D eigenvalue weighted by atomic mass is 9.50. The minimum Gasteiger partial charge on any atom is -0.508 e. The molecule has 1 saturated carbocycles. The van der Waals surface area contributed by atoms with Crippen molar-refractivity contribution in [3.8, 4) is 17.0 Å². The number of phenolic OH excluding ortho intramolecular Hbond substituents is 1. The summed E-state index contributed by atoms with van der Waals surface area (Å²) in [6.07, 6.45) is 2.79. The van der Waals surface area contributed by atoms with Crippen LogP contribution in [0.3, 0.4) is 0 Å². The van der Waals surface area contributed by atoms with E-state index < -0.39 is 57.3 Å². The molecule has 0 spiro atoms. The molecule has 1 unspecified atom stereocenters. The molecule has 3 aliphatic rings. The zero-order valence-corrected chi connectivity index (χ0v) is 22.7. The van der Waals surface area contributed by atoms with Gasteiger partial charge in [0, 0.05) is 34.6 Å². The van der Waals surface area contributed by atoms with Crippen LogP contribution in [0.25, 0.3) is 17.0 Å². The number of hydrogen-bond donors (Lipinski definition) is 4. The molecule has 2 aromatic rings. The number of allylic oxidation sites excluding steroid dienone is 1. The third-order valence-corrected chi connectivity index (χ3v) is 8.87. The number of phenols is 1. The van der Waals surface area contributed by atoms with Crippen LogP contribution in [0.2, 0.25) is 0 Å². The average Bonchev–Trinajstić information content (AvgIpc) is 2.86. The number of carbonyl (C=O) groups is 3. The fourth-order valence-electron chi connectivity index (χ4n) is 7.04. The van der Waals surface area contributed by atoms with E-state index in [4.69, 9.17) is 0 Å². The van der Waals surface area contributed by atoms with E-state index in [1.165, 1.54) is 6.07 Å². The van der Waals surface area contributed by atoms with E-state index >= 15 is 0 Å². The summed E-state index contributed by atoms with van der Waals surface area (Å²) in [5.41, 5.74) is -1.23. The van der Waals surface area contributed by atoms with E-state index in [-0.39, 0.29) is 35.6 Å². The van der Waals surface area contributed by atoms with E-state index in [1.807, 2.05) is 19.1 Å². The van der Waals surface area contributed by atoms with Crippen LogP contribution in [0, 0.1) is 23.2 Å². The molecule has 39 heavy (non-hydrogen) atoms. The number of aromatic nitrogens is 1. The number of rotatable bonds is 4. The zero-order chi connectivity index (χ0) is 28.6. The molecule has 0 radical (unpaired) electrons. The molecule has 5 rings (SSSR count). The van der Waals surface area contributed by atoms with Gasteiger partial charge in [-0.15, -0.1) is 0 Å². The van der Waals surface area contributed by atoms with Crippen molar-refractivity contribution in [2.45, 2.75) is 59.5 Å². The highest BCUT2D eigenvalue weighted by Gasteiger charge is 2.66. The molecule has 0 saturated heterocycles. The van der Waals surface area contributed by atoms with E-state index in [0.29, 0.717) is 16.8 Å². The zero-order valence-electron chi connectivity index (χ0n) is 22.7. The Labute approximate surface area is 226 Å². The molecule has 1 heterocycles. The Morgan fingerprint density at radius 1 is 1.15 bits per heavy atom. The quantitative estimate of drug-likeness (QED) is 0.424. The summed E-state index contributed by atoms with van der Waals surface area (Å²) in [5, 5.41) is 45.4. The second-order valence-corrected chi connectivity index (χ2v) is 11.7. The minimum atomic E-state index is -2.56. The topological polar surface area (TPSA) is 145 Å².